The van der Waals surface area contributed by atoms with Crippen LogP contribution in [0.3, 0.4) is 0 Å². The molecular formula is C19H26N4. The van der Waals surface area contributed by atoms with Gasteiger partial charge in [-0.15, -0.1) is 0 Å². The number of hydrogen-bond acceptors (Lipinski definition) is 3. The second-order valence-corrected chi connectivity index (χ2v) is 7.20. The molecule has 2 aromatic rings. The van der Waals surface area contributed by atoms with Crippen molar-refractivity contribution in [3.05, 3.63) is 47.8 Å². The molecule has 122 valence electrons. The fourth-order valence-electron chi connectivity index (χ4n) is 3.66. The zero-order valence-corrected chi connectivity index (χ0v) is 14.0. The molecule has 4 heteroatoms. The van der Waals surface area contributed by atoms with Gasteiger partial charge in [0.25, 0.3) is 0 Å². The average Bonchev–Trinajstić information content (AvgIpc) is 3.26. The fourth-order valence-corrected chi connectivity index (χ4v) is 3.66. The van der Waals surface area contributed by atoms with Crippen molar-refractivity contribution in [2.45, 2.75) is 51.6 Å². The monoisotopic (exact) mass is 310 g/mol. The summed E-state index contributed by atoms with van der Waals surface area (Å²) in [5.74, 6) is 2.87. The van der Waals surface area contributed by atoms with Gasteiger partial charge in [0, 0.05) is 37.6 Å². The van der Waals surface area contributed by atoms with Crippen molar-refractivity contribution in [1.29, 1.82) is 0 Å². The molecule has 3 heterocycles. The number of aromatic nitrogens is 3. The van der Waals surface area contributed by atoms with Crippen LogP contribution in [-0.4, -0.2) is 32.5 Å². The van der Waals surface area contributed by atoms with Gasteiger partial charge >= 0.3 is 0 Å². The lowest BCUT2D eigenvalue weighted by Gasteiger charge is -2.32. The molecule has 23 heavy (non-hydrogen) atoms. The van der Waals surface area contributed by atoms with Gasteiger partial charge in [-0.2, -0.15) is 0 Å². The summed E-state index contributed by atoms with van der Waals surface area (Å²) in [6.07, 6.45) is 11.3. The van der Waals surface area contributed by atoms with Gasteiger partial charge in [0.15, 0.2) is 0 Å². The molecule has 1 saturated carbocycles. The minimum Gasteiger partial charge on any atom is -0.334 e. The zero-order chi connectivity index (χ0) is 15.6. The SMILES string of the molecule is Cc1cccnc1CN1CCC(c2nccn2CC2CC2)CC1. The Morgan fingerprint density at radius 3 is 2.65 bits per heavy atom. The highest BCUT2D eigenvalue weighted by atomic mass is 15.1. The summed E-state index contributed by atoms with van der Waals surface area (Å²) in [6, 6.07) is 4.18. The number of rotatable bonds is 5. The van der Waals surface area contributed by atoms with Gasteiger partial charge in [0.2, 0.25) is 0 Å². The number of imidazole rings is 1. The molecular weight excluding hydrogens is 284 g/mol. The van der Waals surface area contributed by atoms with Crippen molar-refractivity contribution in [2.24, 2.45) is 5.92 Å². The van der Waals surface area contributed by atoms with Crippen LogP contribution in [0.1, 0.15) is 48.7 Å². The zero-order valence-electron chi connectivity index (χ0n) is 14.0. The molecule has 4 nitrogen and oxygen atoms in total. The summed E-state index contributed by atoms with van der Waals surface area (Å²) in [5, 5.41) is 0. The molecule has 4 rings (SSSR count). The predicted octanol–water partition coefficient (Wildman–Crippen LogP) is 3.38. The van der Waals surface area contributed by atoms with Gasteiger partial charge < -0.3 is 4.57 Å². The molecule has 1 saturated heterocycles. The quantitative estimate of drug-likeness (QED) is 0.849. The molecule has 2 aliphatic rings. The van der Waals surface area contributed by atoms with Gasteiger partial charge in [-0.3, -0.25) is 9.88 Å². The maximum Gasteiger partial charge on any atom is 0.111 e. The molecule has 0 N–H and O–H groups in total. The highest BCUT2D eigenvalue weighted by molar-refractivity contribution is 5.17. The predicted molar refractivity (Wildman–Crippen MR) is 91.2 cm³/mol. The van der Waals surface area contributed by atoms with Crippen molar-refractivity contribution in [1.82, 2.24) is 19.4 Å². The number of pyridine rings is 1. The maximum atomic E-state index is 4.68. The summed E-state index contributed by atoms with van der Waals surface area (Å²) in [4.78, 5) is 11.8. The van der Waals surface area contributed by atoms with Gasteiger partial charge in [-0.25, -0.2) is 4.98 Å². The van der Waals surface area contributed by atoms with E-state index in [4.69, 9.17) is 0 Å². The number of piperidine rings is 1. The number of hydrogen-bond donors (Lipinski definition) is 0. The number of likely N-dealkylation sites (tertiary alicyclic amines) is 1. The third kappa shape index (κ3) is 3.47. The third-order valence-corrected chi connectivity index (χ3v) is 5.34. The van der Waals surface area contributed by atoms with Crippen LogP contribution in [0.2, 0.25) is 0 Å². The molecule has 2 fully saturated rings. The standard InChI is InChI=1S/C19H26N4/c1-15-3-2-8-20-18(15)14-22-10-6-17(7-11-22)19-21-9-12-23(19)13-16-4-5-16/h2-3,8-9,12,16-17H,4-7,10-11,13-14H2,1H3. The van der Waals surface area contributed by atoms with Crippen LogP contribution in [0, 0.1) is 12.8 Å². The Morgan fingerprint density at radius 2 is 1.91 bits per heavy atom. The highest BCUT2D eigenvalue weighted by Gasteiger charge is 2.27. The first-order valence-electron chi connectivity index (χ1n) is 8.93. The largest absolute Gasteiger partial charge is 0.334 e. The Labute approximate surface area is 138 Å². The second kappa shape index (κ2) is 6.44. The molecule has 0 spiro atoms. The van der Waals surface area contributed by atoms with Crippen LogP contribution in [0.5, 0.6) is 0 Å². The van der Waals surface area contributed by atoms with E-state index >= 15 is 0 Å². The second-order valence-electron chi connectivity index (χ2n) is 7.20. The minimum atomic E-state index is 0.629. The normalized spacial score (nSPS) is 20.0. The lowest BCUT2D eigenvalue weighted by Crippen LogP contribution is -2.33. The van der Waals surface area contributed by atoms with E-state index in [1.807, 2.05) is 18.5 Å². The van der Waals surface area contributed by atoms with Gasteiger partial charge in [0.05, 0.1) is 5.69 Å². The van der Waals surface area contributed by atoms with Crippen molar-refractivity contribution < 1.29 is 0 Å². The Bertz CT molecular complexity index is 651. The van der Waals surface area contributed by atoms with Crippen LogP contribution >= 0.6 is 0 Å². The molecule has 1 aliphatic heterocycles. The van der Waals surface area contributed by atoms with E-state index in [1.165, 1.54) is 49.3 Å². The van der Waals surface area contributed by atoms with Crippen molar-refractivity contribution in [3.63, 3.8) is 0 Å². The number of aryl methyl sites for hydroxylation is 1. The Hall–Kier alpha value is -1.68. The molecule has 0 amide bonds. The van der Waals surface area contributed by atoms with E-state index in [2.05, 4.69) is 38.6 Å². The van der Waals surface area contributed by atoms with E-state index in [0.29, 0.717) is 5.92 Å². The van der Waals surface area contributed by atoms with Gasteiger partial charge in [0.1, 0.15) is 5.82 Å². The minimum absolute atomic E-state index is 0.629. The van der Waals surface area contributed by atoms with Crippen LogP contribution in [0.4, 0.5) is 0 Å². The van der Waals surface area contributed by atoms with Crippen molar-refractivity contribution >= 4 is 0 Å². The van der Waals surface area contributed by atoms with E-state index < -0.39 is 0 Å². The Morgan fingerprint density at radius 1 is 1.09 bits per heavy atom. The first kappa shape index (κ1) is 14.9. The average molecular weight is 310 g/mol. The highest BCUT2D eigenvalue weighted by Crippen LogP contribution is 2.33. The molecule has 0 aromatic carbocycles. The van der Waals surface area contributed by atoms with E-state index in [-0.39, 0.29) is 0 Å². The first-order valence-corrected chi connectivity index (χ1v) is 8.93. The summed E-state index contributed by atoms with van der Waals surface area (Å²) in [7, 11) is 0. The first-order chi connectivity index (χ1) is 11.3. The summed E-state index contributed by atoms with van der Waals surface area (Å²) in [5.41, 5.74) is 2.52. The Kier molecular flexibility index (Phi) is 4.17. The summed E-state index contributed by atoms with van der Waals surface area (Å²) in [6.45, 7) is 6.62. The topological polar surface area (TPSA) is 34.0 Å². The van der Waals surface area contributed by atoms with E-state index in [1.54, 1.807) is 0 Å². The van der Waals surface area contributed by atoms with Crippen molar-refractivity contribution in [2.75, 3.05) is 13.1 Å². The fraction of sp³-hybridized carbons (Fsp3) is 0.579. The molecule has 0 bridgehead atoms. The van der Waals surface area contributed by atoms with Gasteiger partial charge in [-0.05, 0) is 63.2 Å². The maximum absolute atomic E-state index is 4.68. The molecule has 0 unspecified atom stereocenters. The third-order valence-electron chi connectivity index (χ3n) is 5.34. The van der Waals surface area contributed by atoms with E-state index in [9.17, 15) is 0 Å². The van der Waals surface area contributed by atoms with Crippen LogP contribution < -0.4 is 0 Å². The smallest absolute Gasteiger partial charge is 0.111 e. The molecule has 1 aliphatic carbocycles. The summed E-state index contributed by atoms with van der Waals surface area (Å²) < 4.78 is 2.42. The Balaban J connectivity index is 1.36. The summed E-state index contributed by atoms with van der Waals surface area (Å²) >= 11 is 0. The lowest BCUT2D eigenvalue weighted by molar-refractivity contribution is 0.197. The molecule has 2 aromatic heterocycles. The van der Waals surface area contributed by atoms with E-state index in [0.717, 1.165) is 25.6 Å². The van der Waals surface area contributed by atoms with Gasteiger partial charge in [-0.1, -0.05) is 6.07 Å². The van der Waals surface area contributed by atoms with Crippen molar-refractivity contribution in [3.8, 4) is 0 Å². The van der Waals surface area contributed by atoms with Crippen LogP contribution in [0.15, 0.2) is 30.7 Å². The lowest BCUT2D eigenvalue weighted by atomic mass is 9.95. The molecule has 0 atom stereocenters. The van der Waals surface area contributed by atoms with Crippen LogP contribution in [0.25, 0.3) is 0 Å². The molecule has 0 radical (unpaired) electrons. The van der Waals surface area contributed by atoms with Crippen LogP contribution in [-0.2, 0) is 13.1 Å². The number of nitrogens with zero attached hydrogens (tertiary/aromatic N) is 4.